The van der Waals surface area contributed by atoms with Crippen molar-refractivity contribution in [3.05, 3.63) is 52.5 Å². The number of nitrogens with zero attached hydrogens (tertiary/aromatic N) is 5. The van der Waals surface area contributed by atoms with Crippen LogP contribution in [0.5, 0.6) is 0 Å². The number of carbonyl (C=O) groups excluding carboxylic acids is 1. The lowest BCUT2D eigenvalue weighted by Gasteiger charge is -2.12. The largest absolute Gasteiger partial charge is 0.385 e. The van der Waals surface area contributed by atoms with E-state index in [1.165, 1.54) is 19.1 Å². The van der Waals surface area contributed by atoms with Gasteiger partial charge in [-0.3, -0.25) is 9.48 Å². The molecule has 0 aliphatic heterocycles. The van der Waals surface area contributed by atoms with E-state index in [-0.39, 0.29) is 28.3 Å². The highest BCUT2D eigenvalue weighted by Gasteiger charge is 2.19. The SMILES string of the molecule is CC(Cn1ccc(-c2cc(F)c(C#N)c(Cl)c2)n1)NC(=O)c1nc([C@@H](C)O)no1. The monoisotopic (exact) mass is 418 g/mol. The van der Waals surface area contributed by atoms with Crippen molar-refractivity contribution in [1.29, 1.82) is 5.26 Å². The zero-order valence-electron chi connectivity index (χ0n) is 15.4. The molecule has 0 aliphatic rings. The fourth-order valence-corrected chi connectivity index (χ4v) is 2.80. The maximum atomic E-state index is 13.9. The summed E-state index contributed by atoms with van der Waals surface area (Å²) in [5.41, 5.74) is 0.678. The van der Waals surface area contributed by atoms with Crippen LogP contribution in [-0.2, 0) is 6.54 Å². The van der Waals surface area contributed by atoms with Gasteiger partial charge in [-0.2, -0.15) is 15.3 Å². The molecule has 0 saturated carbocycles. The van der Waals surface area contributed by atoms with Crippen LogP contribution in [-0.4, -0.2) is 37.0 Å². The molecule has 0 saturated heterocycles. The number of aliphatic hydroxyl groups excluding tert-OH is 1. The highest BCUT2D eigenvalue weighted by Crippen LogP contribution is 2.26. The van der Waals surface area contributed by atoms with Crippen molar-refractivity contribution in [3.63, 3.8) is 0 Å². The topological polar surface area (TPSA) is 130 Å². The summed E-state index contributed by atoms with van der Waals surface area (Å²) in [5.74, 6) is -1.53. The Bertz CT molecular complexity index is 1060. The van der Waals surface area contributed by atoms with Crippen LogP contribution < -0.4 is 5.32 Å². The van der Waals surface area contributed by atoms with Gasteiger partial charge in [0, 0.05) is 17.8 Å². The summed E-state index contributed by atoms with van der Waals surface area (Å²) in [6.07, 6.45) is 0.723. The highest BCUT2D eigenvalue weighted by atomic mass is 35.5. The maximum absolute atomic E-state index is 13.9. The lowest BCUT2D eigenvalue weighted by atomic mass is 10.1. The Balaban J connectivity index is 1.66. The summed E-state index contributed by atoms with van der Waals surface area (Å²) in [6.45, 7) is 3.52. The number of amides is 1. The zero-order chi connectivity index (χ0) is 21.1. The third-order valence-corrected chi connectivity index (χ3v) is 4.24. The van der Waals surface area contributed by atoms with Crippen molar-refractivity contribution in [2.75, 3.05) is 0 Å². The zero-order valence-corrected chi connectivity index (χ0v) is 16.2. The fourth-order valence-electron chi connectivity index (χ4n) is 2.55. The van der Waals surface area contributed by atoms with Gasteiger partial charge in [-0.15, -0.1) is 0 Å². The number of halogens is 2. The van der Waals surface area contributed by atoms with Crippen LogP contribution in [0.2, 0.25) is 5.02 Å². The van der Waals surface area contributed by atoms with Crippen molar-refractivity contribution in [3.8, 4) is 17.3 Å². The van der Waals surface area contributed by atoms with Gasteiger partial charge in [0.2, 0.25) is 5.82 Å². The van der Waals surface area contributed by atoms with Crippen LogP contribution >= 0.6 is 11.6 Å². The molecule has 0 bridgehead atoms. The highest BCUT2D eigenvalue weighted by molar-refractivity contribution is 6.32. The number of nitriles is 1. The molecule has 11 heteroatoms. The Labute approximate surface area is 169 Å². The van der Waals surface area contributed by atoms with E-state index >= 15 is 0 Å². The van der Waals surface area contributed by atoms with Crippen molar-refractivity contribution in [1.82, 2.24) is 25.2 Å². The minimum atomic E-state index is -0.944. The van der Waals surface area contributed by atoms with E-state index in [9.17, 15) is 14.3 Å². The molecule has 2 aromatic heterocycles. The van der Waals surface area contributed by atoms with Gasteiger partial charge >= 0.3 is 11.8 Å². The van der Waals surface area contributed by atoms with E-state index in [0.29, 0.717) is 17.8 Å². The van der Waals surface area contributed by atoms with E-state index in [4.69, 9.17) is 21.4 Å². The normalized spacial score (nSPS) is 13.0. The third kappa shape index (κ3) is 4.59. The minimum Gasteiger partial charge on any atom is -0.385 e. The molecule has 0 spiro atoms. The van der Waals surface area contributed by atoms with Crippen LogP contribution in [0.3, 0.4) is 0 Å². The molecule has 0 aliphatic carbocycles. The van der Waals surface area contributed by atoms with Crippen LogP contribution in [0.1, 0.15) is 42.0 Å². The smallest absolute Gasteiger partial charge is 0.316 e. The number of aliphatic hydroxyl groups is 1. The summed E-state index contributed by atoms with van der Waals surface area (Å²) in [4.78, 5) is 16.0. The first-order valence-electron chi connectivity index (χ1n) is 8.54. The summed E-state index contributed by atoms with van der Waals surface area (Å²) in [6, 6.07) is 5.69. The second-order valence-corrected chi connectivity index (χ2v) is 6.77. The van der Waals surface area contributed by atoms with E-state index < -0.39 is 17.8 Å². The number of carbonyl (C=O) groups is 1. The lowest BCUT2D eigenvalue weighted by Crippen LogP contribution is -2.36. The average molecular weight is 419 g/mol. The van der Waals surface area contributed by atoms with Gasteiger partial charge < -0.3 is 14.9 Å². The van der Waals surface area contributed by atoms with Crippen LogP contribution in [0.4, 0.5) is 4.39 Å². The molecule has 3 aromatic rings. The summed E-state index contributed by atoms with van der Waals surface area (Å²) in [5, 5.41) is 28.8. The molecule has 9 nitrogen and oxygen atoms in total. The number of aromatic nitrogens is 4. The molecule has 29 heavy (non-hydrogen) atoms. The molecule has 1 aromatic carbocycles. The van der Waals surface area contributed by atoms with E-state index in [0.717, 1.165) is 0 Å². The Hall–Kier alpha value is -3.29. The van der Waals surface area contributed by atoms with Gasteiger partial charge in [0.05, 0.1) is 17.3 Å². The lowest BCUT2D eigenvalue weighted by molar-refractivity contribution is 0.0891. The van der Waals surface area contributed by atoms with Crippen LogP contribution in [0.15, 0.2) is 28.9 Å². The number of rotatable bonds is 6. The van der Waals surface area contributed by atoms with Gasteiger partial charge in [-0.1, -0.05) is 16.8 Å². The second kappa shape index (κ2) is 8.38. The Morgan fingerprint density at radius 2 is 2.24 bits per heavy atom. The van der Waals surface area contributed by atoms with Gasteiger partial charge in [-0.05, 0) is 32.0 Å². The Morgan fingerprint density at radius 1 is 1.48 bits per heavy atom. The second-order valence-electron chi connectivity index (χ2n) is 6.36. The molecule has 3 rings (SSSR count). The summed E-state index contributed by atoms with van der Waals surface area (Å²) in [7, 11) is 0. The molecule has 0 fully saturated rings. The molecular formula is C18H16ClFN6O3. The molecule has 150 valence electrons. The number of hydrogen-bond acceptors (Lipinski definition) is 7. The third-order valence-electron chi connectivity index (χ3n) is 3.94. The van der Waals surface area contributed by atoms with Crippen molar-refractivity contribution in [2.45, 2.75) is 32.5 Å². The molecular weight excluding hydrogens is 403 g/mol. The predicted molar refractivity (Wildman–Crippen MR) is 99.2 cm³/mol. The van der Waals surface area contributed by atoms with Crippen LogP contribution in [0.25, 0.3) is 11.3 Å². The first-order valence-corrected chi connectivity index (χ1v) is 8.91. The molecule has 0 radical (unpaired) electrons. The van der Waals surface area contributed by atoms with Gasteiger partial charge in [0.25, 0.3) is 0 Å². The van der Waals surface area contributed by atoms with Crippen molar-refractivity contribution >= 4 is 17.5 Å². The Kier molecular flexibility index (Phi) is 5.91. The Morgan fingerprint density at radius 3 is 2.86 bits per heavy atom. The predicted octanol–water partition coefficient (Wildman–Crippen LogP) is 2.47. The molecule has 1 amide bonds. The number of nitrogens with one attached hydrogen (secondary N) is 1. The molecule has 2 atom stereocenters. The first kappa shape index (κ1) is 20.4. The standard InChI is InChI=1S/C18H16ClFN6O3/c1-9(22-17(28)18-23-16(10(2)27)25-29-18)8-26-4-3-15(24-26)11-5-13(19)12(7-21)14(20)6-11/h3-6,9-10,27H,8H2,1-2H3,(H,22,28)/t9?,10-/m1/s1. The van der Waals surface area contributed by atoms with Crippen molar-refractivity contribution in [2.24, 2.45) is 0 Å². The van der Waals surface area contributed by atoms with Crippen LogP contribution in [0, 0.1) is 17.1 Å². The quantitative estimate of drug-likeness (QED) is 0.628. The van der Waals surface area contributed by atoms with Crippen molar-refractivity contribution < 1.29 is 18.8 Å². The average Bonchev–Trinajstić information content (AvgIpc) is 3.31. The molecule has 1 unspecified atom stereocenters. The van der Waals surface area contributed by atoms with E-state index in [1.54, 1.807) is 29.9 Å². The summed E-state index contributed by atoms with van der Waals surface area (Å²) >= 11 is 5.93. The number of hydrogen-bond donors (Lipinski definition) is 2. The fraction of sp³-hybridized carbons (Fsp3) is 0.278. The van der Waals surface area contributed by atoms with Gasteiger partial charge in [-0.25, -0.2) is 4.39 Å². The molecule has 2 heterocycles. The number of benzene rings is 1. The first-order chi connectivity index (χ1) is 13.8. The minimum absolute atomic E-state index is 0.00815. The molecule has 2 N–H and O–H groups in total. The van der Waals surface area contributed by atoms with E-state index in [1.807, 2.05) is 0 Å². The van der Waals surface area contributed by atoms with E-state index in [2.05, 4.69) is 20.6 Å². The summed E-state index contributed by atoms with van der Waals surface area (Å²) < 4.78 is 20.3. The van der Waals surface area contributed by atoms with Gasteiger partial charge in [0.15, 0.2) is 0 Å². The van der Waals surface area contributed by atoms with Gasteiger partial charge in [0.1, 0.15) is 23.6 Å². The maximum Gasteiger partial charge on any atom is 0.316 e.